The fraction of sp³-hybridized carbons (Fsp3) is 0.550. The summed E-state index contributed by atoms with van der Waals surface area (Å²) in [6.07, 6.45) is 2.28. The van der Waals surface area contributed by atoms with Gasteiger partial charge in [0.1, 0.15) is 17.9 Å². The number of benzene rings is 1. The van der Waals surface area contributed by atoms with E-state index < -0.39 is 14.6 Å². The Balaban J connectivity index is 0.00000300. The van der Waals surface area contributed by atoms with Crippen molar-refractivity contribution in [3.63, 3.8) is 0 Å². The smallest absolute Gasteiger partial charge is 0.191 e. The number of rotatable bonds is 6. The molecule has 1 aliphatic rings. The number of nitrogens with one attached hydrogen (secondary N) is 2. The van der Waals surface area contributed by atoms with E-state index in [4.69, 9.17) is 9.15 Å². The highest BCUT2D eigenvalue weighted by Gasteiger charge is 2.42. The van der Waals surface area contributed by atoms with Crippen LogP contribution in [0.25, 0.3) is 11.0 Å². The maximum atomic E-state index is 12.4. The van der Waals surface area contributed by atoms with Gasteiger partial charge >= 0.3 is 0 Å². The van der Waals surface area contributed by atoms with Gasteiger partial charge in [0.15, 0.2) is 15.8 Å². The average Bonchev–Trinajstić information content (AvgIpc) is 3.00. The number of para-hydroxylation sites is 1. The number of fused-ring (bicyclic) bond motifs is 1. The van der Waals surface area contributed by atoms with Crippen LogP contribution in [-0.4, -0.2) is 51.7 Å². The van der Waals surface area contributed by atoms with Gasteiger partial charge in [0.05, 0.1) is 4.75 Å². The van der Waals surface area contributed by atoms with Crippen LogP contribution in [0, 0.1) is 6.92 Å². The van der Waals surface area contributed by atoms with Crippen molar-refractivity contribution in [2.75, 3.05) is 32.6 Å². The number of aliphatic imine (C=N–C) groups is 1. The first-order chi connectivity index (χ1) is 13.4. The molecule has 0 aliphatic carbocycles. The molecule has 29 heavy (non-hydrogen) atoms. The minimum absolute atomic E-state index is 0. The van der Waals surface area contributed by atoms with E-state index in [2.05, 4.69) is 15.6 Å². The molecule has 0 spiro atoms. The predicted octanol–water partition coefficient (Wildman–Crippen LogP) is 3.01. The normalized spacial score (nSPS) is 17.0. The average molecular weight is 535 g/mol. The van der Waals surface area contributed by atoms with Gasteiger partial charge in [-0.15, -0.1) is 24.0 Å². The molecule has 0 radical (unpaired) electrons. The standard InChI is InChI=1S/C20H29N3O4S.HI/c1-4-21-19(23-14-20(28(3,24)25)9-11-26-12-10-20)22-13-18-15(2)16-7-5-6-8-17(16)27-18;/h5-8H,4,9-14H2,1-3H3,(H2,21,22,23);1H. The zero-order valence-electron chi connectivity index (χ0n) is 17.2. The fourth-order valence-corrected chi connectivity index (χ4v) is 4.78. The van der Waals surface area contributed by atoms with Crippen molar-refractivity contribution in [2.24, 2.45) is 4.99 Å². The summed E-state index contributed by atoms with van der Waals surface area (Å²) in [4.78, 5) is 4.61. The first-order valence-corrected chi connectivity index (χ1v) is 11.5. The van der Waals surface area contributed by atoms with Crippen molar-refractivity contribution in [1.82, 2.24) is 10.6 Å². The zero-order valence-corrected chi connectivity index (χ0v) is 20.3. The first-order valence-electron chi connectivity index (χ1n) is 9.63. The third kappa shape index (κ3) is 5.43. The summed E-state index contributed by atoms with van der Waals surface area (Å²) in [5.41, 5.74) is 1.92. The lowest BCUT2D eigenvalue weighted by Gasteiger charge is -2.35. The number of furan rings is 1. The molecular formula is C20H30IN3O4S. The molecule has 0 atom stereocenters. The molecule has 162 valence electrons. The summed E-state index contributed by atoms with van der Waals surface area (Å²) >= 11 is 0. The Kier molecular flexibility index (Phi) is 8.36. The zero-order chi connectivity index (χ0) is 20.2. The van der Waals surface area contributed by atoms with Gasteiger partial charge in [-0.1, -0.05) is 18.2 Å². The quantitative estimate of drug-likeness (QED) is 0.336. The van der Waals surface area contributed by atoms with E-state index in [0.29, 0.717) is 51.6 Å². The number of hydrogen-bond acceptors (Lipinski definition) is 5. The van der Waals surface area contributed by atoms with Gasteiger partial charge in [-0.3, -0.25) is 0 Å². The van der Waals surface area contributed by atoms with Crippen LogP contribution in [0.15, 0.2) is 33.7 Å². The number of nitrogens with zero attached hydrogens (tertiary/aromatic N) is 1. The molecule has 0 bridgehead atoms. The Labute approximate surface area is 189 Å². The van der Waals surface area contributed by atoms with Gasteiger partial charge in [-0.25, -0.2) is 13.4 Å². The van der Waals surface area contributed by atoms with Crippen molar-refractivity contribution >= 4 is 50.7 Å². The second-order valence-corrected chi connectivity index (χ2v) is 9.67. The van der Waals surface area contributed by atoms with Gasteiger partial charge in [0.2, 0.25) is 0 Å². The molecule has 2 N–H and O–H groups in total. The maximum absolute atomic E-state index is 12.4. The second kappa shape index (κ2) is 10.1. The summed E-state index contributed by atoms with van der Waals surface area (Å²) in [5, 5.41) is 7.50. The van der Waals surface area contributed by atoms with E-state index in [1.165, 1.54) is 6.26 Å². The molecule has 2 heterocycles. The summed E-state index contributed by atoms with van der Waals surface area (Å²) in [6.45, 7) is 6.29. The molecule has 1 aromatic heterocycles. The number of halogens is 1. The van der Waals surface area contributed by atoms with Crippen LogP contribution >= 0.6 is 24.0 Å². The van der Waals surface area contributed by atoms with E-state index >= 15 is 0 Å². The van der Waals surface area contributed by atoms with Crippen LogP contribution in [0.5, 0.6) is 0 Å². The van der Waals surface area contributed by atoms with Crippen molar-refractivity contribution in [3.05, 3.63) is 35.6 Å². The van der Waals surface area contributed by atoms with Crippen molar-refractivity contribution in [1.29, 1.82) is 0 Å². The molecule has 3 rings (SSSR count). The van der Waals surface area contributed by atoms with E-state index in [9.17, 15) is 8.42 Å². The second-order valence-electron chi connectivity index (χ2n) is 7.26. The minimum atomic E-state index is -3.23. The first kappa shape index (κ1) is 23.9. The molecule has 1 fully saturated rings. The Hall–Kier alpha value is -1.33. The minimum Gasteiger partial charge on any atom is -0.459 e. The lowest BCUT2D eigenvalue weighted by molar-refractivity contribution is 0.0756. The Morgan fingerprint density at radius 1 is 1.21 bits per heavy atom. The molecule has 0 saturated carbocycles. The summed E-state index contributed by atoms with van der Waals surface area (Å²) in [5.74, 6) is 1.39. The SMILES string of the molecule is CCNC(=NCc1oc2ccccc2c1C)NCC1(S(C)(=O)=O)CCOCC1.I. The number of hydrogen-bond donors (Lipinski definition) is 2. The fourth-order valence-electron chi connectivity index (χ4n) is 3.54. The van der Waals surface area contributed by atoms with Gasteiger partial charge in [-0.2, -0.15) is 0 Å². The predicted molar refractivity (Wildman–Crippen MR) is 127 cm³/mol. The van der Waals surface area contributed by atoms with Crippen LogP contribution < -0.4 is 10.6 Å². The third-order valence-electron chi connectivity index (χ3n) is 5.44. The van der Waals surface area contributed by atoms with E-state index in [-0.39, 0.29) is 24.0 Å². The lowest BCUT2D eigenvalue weighted by Crippen LogP contribution is -2.53. The van der Waals surface area contributed by atoms with Crippen LogP contribution in [0.2, 0.25) is 0 Å². The van der Waals surface area contributed by atoms with Gasteiger partial charge < -0.3 is 19.8 Å². The molecular weight excluding hydrogens is 505 g/mol. The molecule has 1 saturated heterocycles. The van der Waals surface area contributed by atoms with Crippen LogP contribution in [0.4, 0.5) is 0 Å². The van der Waals surface area contributed by atoms with E-state index in [1.807, 2.05) is 38.1 Å². The Bertz CT molecular complexity index is 950. The highest BCUT2D eigenvalue weighted by Crippen LogP contribution is 2.29. The molecule has 2 aromatic rings. The van der Waals surface area contributed by atoms with Gasteiger partial charge in [-0.05, 0) is 32.8 Å². The number of sulfone groups is 1. The monoisotopic (exact) mass is 535 g/mol. The highest BCUT2D eigenvalue weighted by atomic mass is 127. The van der Waals surface area contributed by atoms with Crippen LogP contribution in [0.1, 0.15) is 31.1 Å². The van der Waals surface area contributed by atoms with Crippen LogP contribution in [0.3, 0.4) is 0 Å². The summed E-state index contributed by atoms with van der Waals surface area (Å²) in [6, 6.07) is 7.91. The van der Waals surface area contributed by atoms with Gasteiger partial charge in [0, 0.05) is 43.5 Å². The van der Waals surface area contributed by atoms with Crippen molar-refractivity contribution in [2.45, 2.75) is 38.0 Å². The van der Waals surface area contributed by atoms with Gasteiger partial charge in [0.25, 0.3) is 0 Å². The largest absolute Gasteiger partial charge is 0.459 e. The topological polar surface area (TPSA) is 92.9 Å². The summed E-state index contributed by atoms with van der Waals surface area (Å²) in [7, 11) is -3.23. The number of guanidine groups is 1. The Morgan fingerprint density at radius 2 is 1.90 bits per heavy atom. The van der Waals surface area contributed by atoms with E-state index in [1.54, 1.807) is 0 Å². The van der Waals surface area contributed by atoms with E-state index in [0.717, 1.165) is 22.3 Å². The van der Waals surface area contributed by atoms with Crippen LogP contribution in [-0.2, 0) is 21.1 Å². The van der Waals surface area contributed by atoms with Crippen molar-refractivity contribution < 1.29 is 17.6 Å². The number of aryl methyl sites for hydroxylation is 1. The molecule has 1 aliphatic heterocycles. The molecule has 0 unspecified atom stereocenters. The molecule has 1 aromatic carbocycles. The lowest BCUT2D eigenvalue weighted by atomic mass is 9.99. The Morgan fingerprint density at radius 3 is 2.52 bits per heavy atom. The molecule has 0 amide bonds. The highest BCUT2D eigenvalue weighted by molar-refractivity contribution is 14.0. The molecule has 9 heteroatoms. The summed E-state index contributed by atoms with van der Waals surface area (Å²) < 4.78 is 35.3. The third-order valence-corrected chi connectivity index (χ3v) is 7.56. The van der Waals surface area contributed by atoms with Crippen molar-refractivity contribution in [3.8, 4) is 0 Å². The maximum Gasteiger partial charge on any atom is 0.191 e. The number of ether oxygens (including phenoxy) is 1. The molecule has 7 nitrogen and oxygen atoms in total.